The molecule has 2 aromatic heterocycles. The third-order valence-corrected chi connectivity index (χ3v) is 6.01. The lowest BCUT2D eigenvalue weighted by atomic mass is 9.90. The second kappa shape index (κ2) is 8.69. The van der Waals surface area contributed by atoms with E-state index in [4.69, 9.17) is 4.74 Å². The molecule has 6 nitrogen and oxygen atoms in total. The Bertz CT molecular complexity index is 1070. The summed E-state index contributed by atoms with van der Waals surface area (Å²) in [4.78, 5) is 26.3. The fourth-order valence-electron chi connectivity index (χ4n) is 3.99. The third kappa shape index (κ3) is 4.37. The molecule has 0 amide bonds. The van der Waals surface area contributed by atoms with E-state index in [1.807, 2.05) is 25.1 Å². The first kappa shape index (κ1) is 20.1. The number of aromatic amines is 1. The first-order valence-electron chi connectivity index (χ1n) is 10.5. The van der Waals surface area contributed by atoms with Crippen LogP contribution in [0.3, 0.4) is 0 Å². The molecule has 0 spiro atoms. The van der Waals surface area contributed by atoms with Crippen LogP contribution in [0.5, 0.6) is 5.75 Å². The summed E-state index contributed by atoms with van der Waals surface area (Å²) in [6.45, 7) is 5.63. The van der Waals surface area contributed by atoms with Crippen molar-refractivity contribution in [3.63, 3.8) is 0 Å². The van der Waals surface area contributed by atoms with Gasteiger partial charge in [0, 0.05) is 36.1 Å². The molecule has 1 aliphatic rings. The van der Waals surface area contributed by atoms with Gasteiger partial charge < -0.3 is 14.6 Å². The van der Waals surface area contributed by atoms with Crippen LogP contribution in [0.1, 0.15) is 29.7 Å². The number of H-pyrrole nitrogens is 1. The van der Waals surface area contributed by atoms with Crippen LogP contribution in [0.4, 0.5) is 5.82 Å². The van der Waals surface area contributed by atoms with Gasteiger partial charge in [-0.3, -0.25) is 4.79 Å². The van der Waals surface area contributed by atoms with Crippen LogP contribution in [0, 0.1) is 19.8 Å². The lowest BCUT2D eigenvalue weighted by Gasteiger charge is -2.33. The number of hydrogen-bond acceptors (Lipinski definition) is 5. The van der Waals surface area contributed by atoms with Crippen molar-refractivity contribution in [3.05, 3.63) is 69.8 Å². The van der Waals surface area contributed by atoms with E-state index in [-0.39, 0.29) is 5.56 Å². The highest BCUT2D eigenvalue weighted by Crippen LogP contribution is 2.26. The number of rotatable bonds is 5. The lowest BCUT2D eigenvalue weighted by Crippen LogP contribution is -2.34. The number of hydrogen-bond donors (Lipinski definition) is 1. The summed E-state index contributed by atoms with van der Waals surface area (Å²) >= 11 is 0. The molecule has 30 heavy (non-hydrogen) atoms. The molecule has 0 unspecified atom stereocenters. The van der Waals surface area contributed by atoms with Gasteiger partial charge in [-0.15, -0.1) is 0 Å². The maximum absolute atomic E-state index is 12.0. The summed E-state index contributed by atoms with van der Waals surface area (Å²) < 4.78 is 5.34. The number of nitrogens with one attached hydrogen (secondary N) is 1. The minimum absolute atomic E-state index is 0.0975. The van der Waals surface area contributed by atoms with E-state index >= 15 is 0 Å². The first-order valence-corrected chi connectivity index (χ1v) is 10.5. The van der Waals surface area contributed by atoms with Crippen LogP contribution in [-0.2, 0) is 6.42 Å². The predicted molar refractivity (Wildman–Crippen MR) is 119 cm³/mol. The fraction of sp³-hybridized carbons (Fsp3) is 0.375. The Morgan fingerprint density at radius 3 is 2.63 bits per heavy atom. The van der Waals surface area contributed by atoms with E-state index in [1.165, 1.54) is 5.56 Å². The van der Waals surface area contributed by atoms with Gasteiger partial charge in [-0.1, -0.05) is 12.1 Å². The average Bonchev–Trinajstić information content (AvgIpc) is 2.78. The van der Waals surface area contributed by atoms with Crippen molar-refractivity contribution in [2.45, 2.75) is 33.1 Å². The minimum Gasteiger partial charge on any atom is -0.497 e. The molecule has 1 fully saturated rings. The SMILES string of the molecule is COc1cccc(CC2CCN(c3ccc(-c4nc(C)c(C)c(=O)[nH]4)cn3)CC2)c1. The third-order valence-electron chi connectivity index (χ3n) is 6.01. The summed E-state index contributed by atoms with van der Waals surface area (Å²) in [6, 6.07) is 12.4. The highest BCUT2D eigenvalue weighted by atomic mass is 16.5. The summed E-state index contributed by atoms with van der Waals surface area (Å²) in [6.07, 6.45) is 5.17. The summed E-state index contributed by atoms with van der Waals surface area (Å²) in [5.41, 5.74) is 3.47. The highest BCUT2D eigenvalue weighted by molar-refractivity contribution is 5.56. The van der Waals surface area contributed by atoms with Gasteiger partial charge in [0.25, 0.3) is 5.56 Å². The molecular weight excluding hydrogens is 376 g/mol. The number of methoxy groups -OCH3 is 1. The van der Waals surface area contributed by atoms with E-state index in [0.717, 1.165) is 55.2 Å². The van der Waals surface area contributed by atoms with E-state index in [2.05, 4.69) is 38.1 Å². The van der Waals surface area contributed by atoms with Gasteiger partial charge in [0.05, 0.1) is 7.11 Å². The molecule has 3 heterocycles. The molecule has 3 aromatic rings. The van der Waals surface area contributed by atoms with Gasteiger partial charge in [0.15, 0.2) is 0 Å². The number of aromatic nitrogens is 3. The second-order valence-corrected chi connectivity index (χ2v) is 8.02. The monoisotopic (exact) mass is 404 g/mol. The highest BCUT2D eigenvalue weighted by Gasteiger charge is 2.20. The van der Waals surface area contributed by atoms with Crippen molar-refractivity contribution in [2.24, 2.45) is 5.92 Å². The van der Waals surface area contributed by atoms with Gasteiger partial charge in [0.1, 0.15) is 17.4 Å². The molecule has 0 saturated carbocycles. The zero-order chi connectivity index (χ0) is 21.1. The Labute approximate surface area is 177 Å². The van der Waals surface area contributed by atoms with Crippen molar-refractivity contribution >= 4 is 5.82 Å². The zero-order valence-corrected chi connectivity index (χ0v) is 17.8. The maximum Gasteiger partial charge on any atom is 0.254 e. The minimum atomic E-state index is -0.0975. The first-order chi connectivity index (χ1) is 14.5. The number of ether oxygens (including phenoxy) is 1. The topological polar surface area (TPSA) is 71.1 Å². The van der Waals surface area contributed by atoms with E-state index in [1.54, 1.807) is 20.2 Å². The summed E-state index contributed by atoms with van der Waals surface area (Å²) in [7, 11) is 1.71. The fourth-order valence-corrected chi connectivity index (χ4v) is 3.99. The molecule has 0 bridgehead atoms. The Kier molecular flexibility index (Phi) is 5.84. The Balaban J connectivity index is 1.38. The second-order valence-electron chi connectivity index (χ2n) is 8.02. The number of anilines is 1. The quantitative estimate of drug-likeness (QED) is 0.698. The van der Waals surface area contributed by atoms with Gasteiger partial charge in [-0.25, -0.2) is 9.97 Å². The molecule has 1 aromatic carbocycles. The molecule has 1 saturated heterocycles. The van der Waals surface area contributed by atoms with Gasteiger partial charge in [0.2, 0.25) is 0 Å². The maximum atomic E-state index is 12.0. The van der Waals surface area contributed by atoms with Crippen LogP contribution in [0.2, 0.25) is 0 Å². The number of nitrogens with zero attached hydrogens (tertiary/aromatic N) is 3. The molecule has 1 N–H and O–H groups in total. The molecule has 4 rings (SSSR count). The number of pyridine rings is 1. The van der Waals surface area contributed by atoms with E-state index in [9.17, 15) is 4.79 Å². The van der Waals surface area contributed by atoms with Crippen LogP contribution in [0.25, 0.3) is 11.4 Å². The molecule has 6 heteroatoms. The zero-order valence-electron chi connectivity index (χ0n) is 17.8. The van der Waals surface area contributed by atoms with Crippen molar-refractivity contribution in [3.8, 4) is 17.1 Å². The molecule has 0 atom stereocenters. The summed E-state index contributed by atoms with van der Waals surface area (Å²) in [5, 5.41) is 0. The van der Waals surface area contributed by atoms with Gasteiger partial charge in [-0.2, -0.15) is 0 Å². The van der Waals surface area contributed by atoms with Gasteiger partial charge in [-0.05, 0) is 68.9 Å². The van der Waals surface area contributed by atoms with Gasteiger partial charge >= 0.3 is 0 Å². The lowest BCUT2D eigenvalue weighted by molar-refractivity contribution is 0.398. The van der Waals surface area contributed by atoms with Crippen molar-refractivity contribution in [2.75, 3.05) is 25.1 Å². The van der Waals surface area contributed by atoms with Crippen molar-refractivity contribution < 1.29 is 4.74 Å². The smallest absolute Gasteiger partial charge is 0.254 e. The average molecular weight is 405 g/mol. The normalized spacial score (nSPS) is 14.7. The van der Waals surface area contributed by atoms with Crippen LogP contribution < -0.4 is 15.2 Å². The predicted octanol–water partition coefficient (Wildman–Crippen LogP) is 3.92. The Morgan fingerprint density at radius 1 is 1.17 bits per heavy atom. The number of piperidine rings is 1. The van der Waals surface area contributed by atoms with Crippen LogP contribution >= 0.6 is 0 Å². The molecular formula is C24H28N4O2. The van der Waals surface area contributed by atoms with Crippen LogP contribution in [-0.4, -0.2) is 35.2 Å². The van der Waals surface area contributed by atoms with E-state index < -0.39 is 0 Å². The Hall–Kier alpha value is -3.15. The molecule has 156 valence electrons. The summed E-state index contributed by atoms with van der Waals surface area (Å²) in [5.74, 6) is 3.15. The molecule has 1 aliphatic heterocycles. The number of aryl methyl sites for hydroxylation is 1. The standard InChI is InChI=1S/C24H28N4O2/c1-16-17(2)26-23(27-24(16)29)20-7-8-22(25-15-20)28-11-9-18(10-12-28)13-19-5-4-6-21(14-19)30-3/h4-8,14-15,18H,9-13H2,1-3H3,(H,26,27,29). The Morgan fingerprint density at radius 2 is 1.97 bits per heavy atom. The van der Waals surface area contributed by atoms with E-state index in [0.29, 0.717) is 17.3 Å². The molecule has 0 aliphatic carbocycles. The van der Waals surface area contributed by atoms with Crippen molar-refractivity contribution in [1.29, 1.82) is 0 Å². The largest absolute Gasteiger partial charge is 0.497 e. The molecule has 0 radical (unpaired) electrons. The number of benzene rings is 1. The van der Waals surface area contributed by atoms with Crippen LogP contribution in [0.15, 0.2) is 47.4 Å². The van der Waals surface area contributed by atoms with Crippen molar-refractivity contribution in [1.82, 2.24) is 15.0 Å².